The van der Waals surface area contributed by atoms with Gasteiger partial charge in [0.25, 0.3) is 0 Å². The van der Waals surface area contributed by atoms with E-state index in [9.17, 15) is 27.2 Å². The molecule has 12 heteroatoms. The Kier molecular flexibility index (Phi) is 8.86. The molecule has 0 spiro atoms. The van der Waals surface area contributed by atoms with Crippen LogP contribution in [0.3, 0.4) is 0 Å². The van der Waals surface area contributed by atoms with E-state index in [-0.39, 0.29) is 24.5 Å². The Labute approximate surface area is 228 Å². The molecule has 0 aliphatic carbocycles. The first-order chi connectivity index (χ1) is 18.0. The number of hydrogen-bond donors (Lipinski definition) is 0. The molecule has 0 saturated carbocycles. The van der Waals surface area contributed by atoms with E-state index in [1.54, 1.807) is 29.0 Å². The van der Waals surface area contributed by atoms with Crippen LogP contribution in [0, 0.1) is 5.82 Å². The molecule has 2 aliphatic heterocycles. The first kappa shape index (κ1) is 28.6. The maximum Gasteiger partial charge on any atom is 0.419 e. The fourth-order valence-corrected chi connectivity index (χ4v) is 5.49. The molecule has 38 heavy (non-hydrogen) atoms. The van der Waals surface area contributed by atoms with Crippen molar-refractivity contribution >= 4 is 35.5 Å². The average molecular weight is 575 g/mol. The number of amides is 2. The summed E-state index contributed by atoms with van der Waals surface area (Å²) in [6.07, 6.45) is -3.92. The van der Waals surface area contributed by atoms with Gasteiger partial charge in [-0.15, -0.1) is 0 Å². The summed E-state index contributed by atoms with van der Waals surface area (Å²) >= 11 is 12.4. The van der Waals surface area contributed by atoms with Gasteiger partial charge in [0.1, 0.15) is 12.1 Å². The number of benzene rings is 2. The van der Waals surface area contributed by atoms with Crippen molar-refractivity contribution in [3.63, 3.8) is 0 Å². The van der Waals surface area contributed by atoms with Gasteiger partial charge in [0, 0.05) is 57.8 Å². The van der Waals surface area contributed by atoms with Gasteiger partial charge in [0.05, 0.1) is 22.2 Å². The minimum atomic E-state index is -4.77. The van der Waals surface area contributed by atoms with Crippen molar-refractivity contribution in [2.45, 2.75) is 24.7 Å². The molecular formula is C26H28Cl2F4N4O2. The minimum absolute atomic E-state index is 0.114. The summed E-state index contributed by atoms with van der Waals surface area (Å²) in [5.74, 6) is -1.48. The van der Waals surface area contributed by atoms with E-state index in [0.717, 1.165) is 24.0 Å². The second-order valence-corrected chi connectivity index (χ2v) is 10.5. The zero-order chi connectivity index (χ0) is 27.6. The molecule has 2 aromatic carbocycles. The van der Waals surface area contributed by atoms with Crippen LogP contribution in [0.2, 0.25) is 10.0 Å². The normalized spacial score (nSPS) is 20.8. The Morgan fingerprint density at radius 2 is 1.74 bits per heavy atom. The first-order valence-corrected chi connectivity index (χ1v) is 12.9. The third-order valence-electron chi connectivity index (χ3n) is 7.24. The largest absolute Gasteiger partial charge is 0.419 e. The zero-order valence-electron chi connectivity index (χ0n) is 20.7. The van der Waals surface area contributed by atoms with Gasteiger partial charge in [0.2, 0.25) is 0 Å². The second kappa shape index (κ2) is 11.8. The molecule has 2 fully saturated rings. The van der Waals surface area contributed by atoms with Crippen LogP contribution < -0.4 is 0 Å². The minimum Gasteiger partial charge on any atom is -0.322 e. The molecule has 0 aromatic heterocycles. The number of likely N-dealkylation sites (N-methyl/N-ethyl adjacent to an activating group) is 1. The molecule has 4 rings (SSSR count). The maximum atomic E-state index is 14.2. The van der Waals surface area contributed by atoms with Crippen molar-refractivity contribution in [1.29, 1.82) is 0 Å². The number of carbonyl (C=O) groups excluding carboxylic acids is 2. The molecule has 2 heterocycles. The van der Waals surface area contributed by atoms with Crippen molar-refractivity contribution in [3.05, 3.63) is 69.0 Å². The Balaban J connectivity index is 1.53. The Morgan fingerprint density at radius 3 is 2.34 bits per heavy atom. The van der Waals surface area contributed by atoms with E-state index < -0.39 is 17.6 Å². The molecular weight excluding hydrogens is 547 g/mol. The summed E-state index contributed by atoms with van der Waals surface area (Å²) < 4.78 is 53.2. The lowest BCUT2D eigenvalue weighted by atomic mass is 9.93. The number of alkyl halides is 3. The first-order valence-electron chi connectivity index (χ1n) is 12.2. The van der Waals surface area contributed by atoms with Gasteiger partial charge in [0.15, 0.2) is 0 Å². The van der Waals surface area contributed by atoms with Gasteiger partial charge in [-0.2, -0.15) is 13.2 Å². The van der Waals surface area contributed by atoms with E-state index >= 15 is 0 Å². The Morgan fingerprint density at radius 1 is 1.03 bits per heavy atom. The number of carbonyl (C=O) groups is 2. The molecule has 2 unspecified atom stereocenters. The third-order valence-corrected chi connectivity index (χ3v) is 7.98. The van der Waals surface area contributed by atoms with Crippen molar-refractivity contribution < 1.29 is 27.2 Å². The number of hydrogen-bond acceptors (Lipinski definition) is 4. The molecule has 6 nitrogen and oxygen atoms in total. The molecule has 0 N–H and O–H groups in total. The van der Waals surface area contributed by atoms with Gasteiger partial charge < -0.3 is 14.6 Å². The van der Waals surface area contributed by atoms with E-state index in [1.807, 2.05) is 15.9 Å². The molecule has 2 amide bonds. The summed E-state index contributed by atoms with van der Waals surface area (Å²) in [6.45, 7) is 3.53. The second-order valence-electron chi connectivity index (χ2n) is 9.72. The van der Waals surface area contributed by atoms with E-state index in [0.29, 0.717) is 61.4 Å². The average Bonchev–Trinajstić information content (AvgIpc) is 3.31. The van der Waals surface area contributed by atoms with E-state index in [1.165, 1.54) is 6.07 Å². The number of piperazine rings is 1. The number of rotatable bonds is 6. The van der Waals surface area contributed by atoms with Crippen molar-refractivity contribution in [2.24, 2.45) is 0 Å². The number of nitrogens with zero attached hydrogens (tertiary/aromatic N) is 4. The summed E-state index contributed by atoms with van der Waals surface area (Å²) in [5.41, 5.74) is -0.0358. The van der Waals surface area contributed by atoms with Gasteiger partial charge >= 0.3 is 12.2 Å². The molecule has 2 aliphatic rings. The molecule has 2 atom stereocenters. The van der Waals surface area contributed by atoms with E-state index in [4.69, 9.17) is 23.2 Å². The number of urea groups is 1. The van der Waals surface area contributed by atoms with Crippen molar-refractivity contribution in [3.8, 4) is 0 Å². The van der Waals surface area contributed by atoms with Crippen LogP contribution in [0.1, 0.15) is 22.6 Å². The number of halogens is 6. The fraction of sp³-hybridized carbons (Fsp3) is 0.462. The summed E-state index contributed by atoms with van der Waals surface area (Å²) in [5, 5.41) is 0.783. The van der Waals surface area contributed by atoms with Crippen LogP contribution in [-0.4, -0.2) is 90.8 Å². The van der Waals surface area contributed by atoms with Crippen molar-refractivity contribution in [1.82, 2.24) is 19.6 Å². The number of likely N-dealkylation sites (tertiary alicyclic amines) is 1. The standard InChI is InChI=1S/C26H28Cl2F4N4O2/c1-33(14-17-2-4-20(23(29)12-17)26(30,31)32)24-16-36(15-19(24)18-3-5-21(27)22(28)13-18)25(38)35-8-6-34(7-9-35)10-11-37/h2-5,11-13,19,24H,6-10,14-16H2,1H3. The van der Waals surface area contributed by atoms with Crippen LogP contribution in [0.25, 0.3) is 0 Å². The lowest BCUT2D eigenvalue weighted by Gasteiger charge is -2.36. The van der Waals surface area contributed by atoms with Gasteiger partial charge in [-0.05, 0) is 42.4 Å². The lowest BCUT2D eigenvalue weighted by molar-refractivity contribution is -0.140. The van der Waals surface area contributed by atoms with Gasteiger partial charge in [-0.3, -0.25) is 9.80 Å². The highest BCUT2D eigenvalue weighted by Crippen LogP contribution is 2.36. The van der Waals surface area contributed by atoms with E-state index in [2.05, 4.69) is 0 Å². The maximum absolute atomic E-state index is 14.2. The summed E-state index contributed by atoms with van der Waals surface area (Å²) in [4.78, 5) is 31.6. The quantitative estimate of drug-likeness (QED) is 0.360. The van der Waals surface area contributed by atoms with Gasteiger partial charge in [-0.25, -0.2) is 9.18 Å². The fourth-order valence-electron chi connectivity index (χ4n) is 5.18. The molecule has 2 saturated heterocycles. The monoisotopic (exact) mass is 574 g/mol. The number of aldehydes is 1. The predicted molar refractivity (Wildman–Crippen MR) is 137 cm³/mol. The van der Waals surface area contributed by atoms with Crippen LogP contribution in [0.5, 0.6) is 0 Å². The van der Waals surface area contributed by atoms with Crippen molar-refractivity contribution in [2.75, 3.05) is 52.9 Å². The predicted octanol–water partition coefficient (Wildman–Crippen LogP) is 4.99. The molecule has 2 aromatic rings. The van der Waals surface area contributed by atoms with Gasteiger partial charge in [-0.1, -0.05) is 35.3 Å². The third kappa shape index (κ3) is 6.42. The Bertz CT molecular complexity index is 1170. The Hall–Kier alpha value is -2.40. The highest BCUT2D eigenvalue weighted by molar-refractivity contribution is 6.42. The topological polar surface area (TPSA) is 47.1 Å². The smallest absolute Gasteiger partial charge is 0.322 e. The summed E-state index contributed by atoms with van der Waals surface area (Å²) in [6, 6.07) is 7.91. The van der Waals surface area contributed by atoms with Crippen LogP contribution in [-0.2, 0) is 17.5 Å². The van der Waals surface area contributed by atoms with Crippen LogP contribution >= 0.6 is 23.2 Å². The molecule has 0 radical (unpaired) electrons. The van der Waals surface area contributed by atoms with Crippen LogP contribution in [0.15, 0.2) is 36.4 Å². The summed E-state index contributed by atoms with van der Waals surface area (Å²) in [7, 11) is 1.80. The zero-order valence-corrected chi connectivity index (χ0v) is 22.2. The molecule has 206 valence electrons. The highest BCUT2D eigenvalue weighted by Gasteiger charge is 2.40. The highest BCUT2D eigenvalue weighted by atomic mass is 35.5. The van der Waals surface area contributed by atoms with Crippen LogP contribution in [0.4, 0.5) is 22.4 Å². The lowest BCUT2D eigenvalue weighted by Crippen LogP contribution is -2.53. The SMILES string of the molecule is CN(Cc1ccc(C(F)(F)F)c(F)c1)C1CN(C(=O)N2CCN(CC=O)CC2)CC1c1ccc(Cl)c(Cl)c1. The molecule has 0 bridgehead atoms.